The van der Waals surface area contributed by atoms with E-state index < -0.39 is 0 Å². The van der Waals surface area contributed by atoms with Crippen LogP contribution >= 0.6 is 15.9 Å². The largest absolute Gasteiger partial charge is 0.0984 e. The van der Waals surface area contributed by atoms with Crippen LogP contribution < -0.4 is 0 Å². The van der Waals surface area contributed by atoms with Crippen LogP contribution in [0.5, 0.6) is 0 Å². The van der Waals surface area contributed by atoms with Gasteiger partial charge in [0.05, 0.1) is 0 Å². The standard InChI is InChI=1S/C11H15Br/c1-6-10(9(4)5)11(12)7-8(2)3/h6-7H,1-2H2,3-5H3/b11-7+. The number of hydrogen-bond acceptors (Lipinski definition) is 0. The topological polar surface area (TPSA) is 0 Å². The van der Waals surface area contributed by atoms with Crippen molar-refractivity contribution < 1.29 is 0 Å². The summed E-state index contributed by atoms with van der Waals surface area (Å²) < 4.78 is 1.05. The Morgan fingerprint density at radius 1 is 1.25 bits per heavy atom. The Balaban J connectivity index is 4.90. The molecule has 0 aliphatic heterocycles. The van der Waals surface area contributed by atoms with Crippen molar-refractivity contribution in [1.29, 1.82) is 0 Å². The second-order valence-corrected chi connectivity index (χ2v) is 3.81. The van der Waals surface area contributed by atoms with E-state index in [2.05, 4.69) is 42.9 Å². The summed E-state index contributed by atoms with van der Waals surface area (Å²) in [6.07, 6.45) is 3.84. The van der Waals surface area contributed by atoms with Crippen molar-refractivity contribution in [3.05, 3.63) is 46.5 Å². The van der Waals surface area contributed by atoms with Crippen LogP contribution in [-0.4, -0.2) is 0 Å². The van der Waals surface area contributed by atoms with Crippen LogP contribution in [0, 0.1) is 0 Å². The molecule has 0 bridgehead atoms. The van der Waals surface area contributed by atoms with Gasteiger partial charge in [0.15, 0.2) is 0 Å². The molecule has 0 nitrogen and oxygen atoms in total. The van der Waals surface area contributed by atoms with Gasteiger partial charge >= 0.3 is 0 Å². The average Bonchev–Trinajstić information content (AvgIpc) is 1.85. The lowest BCUT2D eigenvalue weighted by atomic mass is 10.1. The molecule has 0 amide bonds. The second kappa shape index (κ2) is 5.15. The molecule has 0 spiro atoms. The lowest BCUT2D eigenvalue weighted by Gasteiger charge is -2.02. The fraction of sp³-hybridized carbons (Fsp3) is 0.273. The number of rotatable bonds is 3. The van der Waals surface area contributed by atoms with E-state index in [1.54, 1.807) is 0 Å². The van der Waals surface area contributed by atoms with E-state index >= 15 is 0 Å². The van der Waals surface area contributed by atoms with Gasteiger partial charge in [0.25, 0.3) is 0 Å². The average molecular weight is 227 g/mol. The first-order valence-corrected chi connectivity index (χ1v) is 4.61. The number of halogens is 1. The molecule has 12 heavy (non-hydrogen) atoms. The summed E-state index contributed by atoms with van der Waals surface area (Å²) in [5.74, 6) is 0. The van der Waals surface area contributed by atoms with Crippen LogP contribution in [0.3, 0.4) is 0 Å². The molecule has 0 aromatic carbocycles. The summed E-state index contributed by atoms with van der Waals surface area (Å²) in [6.45, 7) is 13.6. The minimum Gasteiger partial charge on any atom is -0.0984 e. The van der Waals surface area contributed by atoms with Gasteiger partial charge in [0, 0.05) is 4.48 Å². The van der Waals surface area contributed by atoms with Crippen molar-refractivity contribution in [3.63, 3.8) is 0 Å². The van der Waals surface area contributed by atoms with Crippen LogP contribution in [0.15, 0.2) is 46.5 Å². The third kappa shape index (κ3) is 3.72. The van der Waals surface area contributed by atoms with Gasteiger partial charge in [-0.3, -0.25) is 0 Å². The first-order chi connectivity index (χ1) is 5.49. The highest BCUT2D eigenvalue weighted by atomic mass is 79.9. The zero-order valence-corrected chi connectivity index (χ0v) is 9.53. The van der Waals surface area contributed by atoms with Crippen molar-refractivity contribution in [1.82, 2.24) is 0 Å². The van der Waals surface area contributed by atoms with Crippen molar-refractivity contribution >= 4 is 15.9 Å². The van der Waals surface area contributed by atoms with Crippen LogP contribution in [0.2, 0.25) is 0 Å². The number of hydrogen-bond donors (Lipinski definition) is 0. The van der Waals surface area contributed by atoms with E-state index in [1.165, 1.54) is 5.57 Å². The second-order valence-electron chi connectivity index (χ2n) is 2.96. The first kappa shape index (κ1) is 11.4. The Bertz CT molecular complexity index is 250. The summed E-state index contributed by atoms with van der Waals surface area (Å²) >= 11 is 3.48. The maximum atomic E-state index is 3.81. The van der Waals surface area contributed by atoms with Crippen molar-refractivity contribution in [2.24, 2.45) is 0 Å². The van der Waals surface area contributed by atoms with Crippen molar-refractivity contribution in [2.75, 3.05) is 0 Å². The highest BCUT2D eigenvalue weighted by Crippen LogP contribution is 2.22. The Hall–Kier alpha value is -0.560. The predicted octanol–water partition coefficient (Wildman–Crippen LogP) is 4.36. The Kier molecular flexibility index (Phi) is 4.91. The van der Waals surface area contributed by atoms with Gasteiger partial charge in [0.2, 0.25) is 0 Å². The van der Waals surface area contributed by atoms with Crippen molar-refractivity contribution in [2.45, 2.75) is 20.8 Å². The Labute approximate surface area is 83.5 Å². The molecule has 0 aliphatic rings. The number of allylic oxidation sites excluding steroid dienone is 6. The minimum atomic E-state index is 1.03. The normalized spacial score (nSPS) is 10.8. The van der Waals surface area contributed by atoms with Crippen LogP contribution in [0.4, 0.5) is 0 Å². The van der Waals surface area contributed by atoms with E-state index in [4.69, 9.17) is 0 Å². The van der Waals surface area contributed by atoms with E-state index in [0.717, 1.165) is 15.6 Å². The summed E-state index contributed by atoms with van der Waals surface area (Å²) in [6, 6.07) is 0. The molecule has 0 N–H and O–H groups in total. The molecule has 0 fully saturated rings. The molecule has 0 radical (unpaired) electrons. The minimum absolute atomic E-state index is 1.03. The molecule has 0 saturated heterocycles. The predicted molar refractivity (Wildman–Crippen MR) is 60.4 cm³/mol. The summed E-state index contributed by atoms with van der Waals surface area (Å²) in [5.41, 5.74) is 3.41. The smallest absolute Gasteiger partial charge is 0.0249 e. The molecule has 0 heterocycles. The van der Waals surface area contributed by atoms with E-state index in [9.17, 15) is 0 Å². The zero-order chi connectivity index (χ0) is 9.72. The molecule has 0 aliphatic carbocycles. The Morgan fingerprint density at radius 2 is 1.75 bits per heavy atom. The SMILES string of the molecule is C=CC(=C(C)C)/C(Br)=C\C(=C)C. The molecule has 0 aromatic heterocycles. The molecule has 0 saturated carbocycles. The highest BCUT2D eigenvalue weighted by Gasteiger charge is 1.98. The molecule has 0 unspecified atom stereocenters. The highest BCUT2D eigenvalue weighted by molar-refractivity contribution is 9.12. The van der Waals surface area contributed by atoms with Crippen LogP contribution in [0.25, 0.3) is 0 Å². The van der Waals surface area contributed by atoms with Crippen molar-refractivity contribution in [3.8, 4) is 0 Å². The van der Waals surface area contributed by atoms with E-state index in [1.807, 2.05) is 19.1 Å². The van der Waals surface area contributed by atoms with Gasteiger partial charge in [-0.25, -0.2) is 0 Å². The Morgan fingerprint density at radius 3 is 2.00 bits per heavy atom. The van der Waals surface area contributed by atoms with Gasteiger partial charge in [-0.2, -0.15) is 0 Å². The fourth-order valence-corrected chi connectivity index (χ4v) is 1.78. The molecule has 1 heteroatoms. The van der Waals surface area contributed by atoms with Crippen LogP contribution in [-0.2, 0) is 0 Å². The molecular weight excluding hydrogens is 212 g/mol. The summed E-state index contributed by atoms with van der Waals surface area (Å²) in [7, 11) is 0. The summed E-state index contributed by atoms with van der Waals surface area (Å²) in [5, 5.41) is 0. The lowest BCUT2D eigenvalue weighted by Crippen LogP contribution is -1.81. The maximum Gasteiger partial charge on any atom is 0.0249 e. The van der Waals surface area contributed by atoms with Gasteiger partial charge in [0.1, 0.15) is 0 Å². The van der Waals surface area contributed by atoms with E-state index in [-0.39, 0.29) is 0 Å². The molecule has 0 aromatic rings. The maximum absolute atomic E-state index is 3.81. The van der Waals surface area contributed by atoms with Crippen LogP contribution in [0.1, 0.15) is 20.8 Å². The zero-order valence-electron chi connectivity index (χ0n) is 7.95. The van der Waals surface area contributed by atoms with Gasteiger partial charge < -0.3 is 0 Å². The molecule has 0 rings (SSSR count). The molecular formula is C11H15Br. The van der Waals surface area contributed by atoms with Gasteiger partial charge in [-0.05, 0) is 32.4 Å². The summed E-state index contributed by atoms with van der Waals surface area (Å²) in [4.78, 5) is 0. The molecule has 0 atom stereocenters. The third-order valence-electron chi connectivity index (χ3n) is 1.37. The third-order valence-corrected chi connectivity index (χ3v) is 2.03. The van der Waals surface area contributed by atoms with Gasteiger partial charge in [-0.15, -0.1) is 0 Å². The monoisotopic (exact) mass is 226 g/mol. The molecule has 66 valence electrons. The lowest BCUT2D eigenvalue weighted by molar-refractivity contribution is 1.33. The first-order valence-electron chi connectivity index (χ1n) is 3.82. The van der Waals surface area contributed by atoms with E-state index in [0.29, 0.717) is 0 Å². The quantitative estimate of drug-likeness (QED) is 0.628. The van der Waals surface area contributed by atoms with Gasteiger partial charge in [-0.1, -0.05) is 46.3 Å². The fourth-order valence-electron chi connectivity index (χ4n) is 0.835.